The zero-order valence-electron chi connectivity index (χ0n) is 36.9. The van der Waals surface area contributed by atoms with Crippen molar-refractivity contribution in [3.05, 3.63) is 48.6 Å². The minimum absolute atomic E-state index is 0.0822. The predicted molar refractivity (Wildman–Crippen MR) is 238 cm³/mol. The van der Waals surface area contributed by atoms with Crippen molar-refractivity contribution in [2.24, 2.45) is 0 Å². The summed E-state index contributed by atoms with van der Waals surface area (Å²) < 4.78 is 16.7. The van der Waals surface area contributed by atoms with E-state index in [1.807, 2.05) is 0 Å². The van der Waals surface area contributed by atoms with E-state index in [4.69, 9.17) is 14.2 Å². The number of hydrogen-bond donors (Lipinski definition) is 0. The average molecular weight is 785 g/mol. The highest BCUT2D eigenvalue weighted by molar-refractivity contribution is 5.71. The lowest BCUT2D eigenvalue weighted by Gasteiger charge is -2.18. The monoisotopic (exact) mass is 785 g/mol. The van der Waals surface area contributed by atoms with Gasteiger partial charge in [0.15, 0.2) is 6.10 Å². The van der Waals surface area contributed by atoms with Gasteiger partial charge in [0, 0.05) is 19.3 Å². The van der Waals surface area contributed by atoms with Crippen LogP contribution in [0.5, 0.6) is 0 Å². The van der Waals surface area contributed by atoms with Crippen LogP contribution >= 0.6 is 0 Å². The summed E-state index contributed by atoms with van der Waals surface area (Å²) in [5.74, 6) is -0.915. The smallest absolute Gasteiger partial charge is 0.306 e. The number of carbonyl (C=O) groups is 3. The van der Waals surface area contributed by atoms with E-state index >= 15 is 0 Å². The summed E-state index contributed by atoms with van der Waals surface area (Å²) in [4.78, 5) is 37.7. The number of esters is 3. The molecule has 0 radical (unpaired) electrons. The molecule has 0 saturated heterocycles. The number of hydrogen-bond acceptors (Lipinski definition) is 6. The molecule has 0 aliphatic rings. The Hall–Kier alpha value is -2.63. The summed E-state index contributed by atoms with van der Waals surface area (Å²) in [6.07, 6.45) is 52.3. The SMILES string of the molecule is CCCC/C=C\CCCCCCCC(=O)OC(COC(=O)CCCCCCC\C=C/C=C\C=C/CCCCCCC)COC(=O)CCCCCCCCCCC. The van der Waals surface area contributed by atoms with E-state index in [1.54, 1.807) is 0 Å². The standard InChI is InChI=1S/C50H88O6/c1-4-7-10-13-16-19-21-22-23-24-25-26-27-29-31-34-37-40-43-49(52)55-46-47(45-54-48(51)42-39-36-33-30-18-15-12-9-6-3)56-50(53)44-41-38-35-32-28-20-17-14-11-8-5-2/h14,17,21-26,47H,4-13,15-16,18-20,27-46H2,1-3H3/b17-14-,22-21-,24-23-,26-25-. The summed E-state index contributed by atoms with van der Waals surface area (Å²) in [5.41, 5.74) is 0. The lowest BCUT2D eigenvalue weighted by Crippen LogP contribution is -2.30. The Labute approximate surface area is 346 Å². The molecule has 0 aromatic carbocycles. The summed E-state index contributed by atoms with van der Waals surface area (Å²) in [7, 11) is 0. The second-order valence-electron chi connectivity index (χ2n) is 15.7. The number of allylic oxidation sites excluding steroid dienone is 8. The molecule has 0 heterocycles. The van der Waals surface area contributed by atoms with Crippen molar-refractivity contribution in [1.29, 1.82) is 0 Å². The fourth-order valence-electron chi connectivity index (χ4n) is 6.48. The zero-order valence-corrected chi connectivity index (χ0v) is 36.9. The van der Waals surface area contributed by atoms with Crippen LogP contribution in [0, 0.1) is 0 Å². The average Bonchev–Trinajstić information content (AvgIpc) is 3.19. The van der Waals surface area contributed by atoms with Gasteiger partial charge in [0.25, 0.3) is 0 Å². The lowest BCUT2D eigenvalue weighted by molar-refractivity contribution is -0.167. The van der Waals surface area contributed by atoms with Crippen molar-refractivity contribution in [1.82, 2.24) is 0 Å². The Morgan fingerprint density at radius 3 is 1.09 bits per heavy atom. The first kappa shape index (κ1) is 53.4. The molecule has 1 unspecified atom stereocenters. The molecule has 0 aliphatic heterocycles. The third-order valence-corrected chi connectivity index (χ3v) is 10.1. The highest BCUT2D eigenvalue weighted by atomic mass is 16.6. The van der Waals surface area contributed by atoms with E-state index in [-0.39, 0.29) is 31.1 Å². The van der Waals surface area contributed by atoms with Crippen molar-refractivity contribution in [3.63, 3.8) is 0 Å². The van der Waals surface area contributed by atoms with E-state index < -0.39 is 6.10 Å². The molecule has 0 aromatic heterocycles. The maximum absolute atomic E-state index is 12.7. The molecule has 0 spiro atoms. The summed E-state index contributed by atoms with van der Waals surface area (Å²) >= 11 is 0. The van der Waals surface area contributed by atoms with Crippen LogP contribution in [0.4, 0.5) is 0 Å². The molecule has 0 rings (SSSR count). The molecule has 324 valence electrons. The molecule has 0 N–H and O–H groups in total. The van der Waals surface area contributed by atoms with Gasteiger partial charge in [-0.3, -0.25) is 14.4 Å². The molecular weight excluding hydrogens is 697 g/mol. The topological polar surface area (TPSA) is 78.9 Å². The maximum Gasteiger partial charge on any atom is 0.306 e. The van der Waals surface area contributed by atoms with E-state index in [0.29, 0.717) is 19.3 Å². The van der Waals surface area contributed by atoms with Crippen LogP contribution in [0.1, 0.15) is 233 Å². The van der Waals surface area contributed by atoms with Crippen molar-refractivity contribution in [2.75, 3.05) is 13.2 Å². The largest absolute Gasteiger partial charge is 0.462 e. The number of ether oxygens (including phenoxy) is 3. The second-order valence-corrected chi connectivity index (χ2v) is 15.7. The Bertz CT molecular complexity index is 996. The van der Waals surface area contributed by atoms with Gasteiger partial charge in [0.1, 0.15) is 13.2 Å². The Morgan fingerprint density at radius 1 is 0.357 bits per heavy atom. The quantitative estimate of drug-likeness (QED) is 0.0202. The first-order chi connectivity index (χ1) is 27.5. The summed E-state index contributed by atoms with van der Waals surface area (Å²) in [6.45, 7) is 6.53. The minimum atomic E-state index is -0.780. The molecule has 0 aromatic rings. The van der Waals surface area contributed by atoms with Crippen molar-refractivity contribution in [2.45, 2.75) is 239 Å². The first-order valence-corrected chi connectivity index (χ1v) is 23.7. The van der Waals surface area contributed by atoms with Crippen LogP contribution in [0.25, 0.3) is 0 Å². The fourth-order valence-corrected chi connectivity index (χ4v) is 6.48. The van der Waals surface area contributed by atoms with Gasteiger partial charge in [-0.2, -0.15) is 0 Å². The van der Waals surface area contributed by atoms with E-state index in [1.165, 1.54) is 103 Å². The van der Waals surface area contributed by atoms with Gasteiger partial charge in [-0.1, -0.05) is 198 Å². The van der Waals surface area contributed by atoms with Gasteiger partial charge >= 0.3 is 17.9 Å². The van der Waals surface area contributed by atoms with E-state index in [9.17, 15) is 14.4 Å². The van der Waals surface area contributed by atoms with Crippen molar-refractivity contribution < 1.29 is 28.6 Å². The molecule has 56 heavy (non-hydrogen) atoms. The van der Waals surface area contributed by atoms with E-state index in [0.717, 1.165) is 89.9 Å². The van der Waals surface area contributed by atoms with Gasteiger partial charge in [0.05, 0.1) is 0 Å². The number of carbonyl (C=O) groups excluding carboxylic acids is 3. The molecule has 1 atom stereocenters. The van der Waals surface area contributed by atoms with Gasteiger partial charge < -0.3 is 14.2 Å². The fraction of sp³-hybridized carbons (Fsp3) is 0.780. The van der Waals surface area contributed by atoms with Crippen LogP contribution in [-0.2, 0) is 28.6 Å². The Balaban J connectivity index is 4.36. The lowest BCUT2D eigenvalue weighted by atomic mass is 10.1. The molecule has 6 heteroatoms. The highest BCUT2D eigenvalue weighted by Crippen LogP contribution is 2.14. The zero-order chi connectivity index (χ0) is 40.8. The summed E-state index contributed by atoms with van der Waals surface area (Å²) in [6, 6.07) is 0. The van der Waals surface area contributed by atoms with Gasteiger partial charge in [-0.05, 0) is 64.2 Å². The van der Waals surface area contributed by atoms with Gasteiger partial charge in [-0.25, -0.2) is 0 Å². The molecule has 0 amide bonds. The molecule has 0 saturated carbocycles. The molecular formula is C50H88O6. The molecule has 0 bridgehead atoms. The first-order valence-electron chi connectivity index (χ1n) is 23.7. The third-order valence-electron chi connectivity index (χ3n) is 10.1. The second kappa shape index (κ2) is 45.1. The van der Waals surface area contributed by atoms with Crippen LogP contribution < -0.4 is 0 Å². The Kier molecular flexibility index (Phi) is 43.0. The van der Waals surface area contributed by atoms with Crippen LogP contribution in [-0.4, -0.2) is 37.2 Å². The van der Waals surface area contributed by atoms with Gasteiger partial charge in [0.2, 0.25) is 0 Å². The molecule has 0 aliphatic carbocycles. The van der Waals surface area contributed by atoms with Crippen LogP contribution in [0.3, 0.4) is 0 Å². The number of unbranched alkanes of at least 4 members (excludes halogenated alkanes) is 25. The van der Waals surface area contributed by atoms with Crippen molar-refractivity contribution in [3.8, 4) is 0 Å². The summed E-state index contributed by atoms with van der Waals surface area (Å²) in [5, 5.41) is 0. The highest BCUT2D eigenvalue weighted by Gasteiger charge is 2.19. The molecule has 0 fully saturated rings. The normalized spacial score (nSPS) is 12.4. The third kappa shape index (κ3) is 42.5. The Morgan fingerprint density at radius 2 is 0.679 bits per heavy atom. The molecule has 6 nitrogen and oxygen atoms in total. The van der Waals surface area contributed by atoms with E-state index in [2.05, 4.69) is 69.4 Å². The minimum Gasteiger partial charge on any atom is -0.462 e. The predicted octanol–water partition coefficient (Wildman–Crippen LogP) is 15.1. The van der Waals surface area contributed by atoms with Crippen LogP contribution in [0.2, 0.25) is 0 Å². The van der Waals surface area contributed by atoms with Gasteiger partial charge in [-0.15, -0.1) is 0 Å². The maximum atomic E-state index is 12.7. The van der Waals surface area contributed by atoms with Crippen LogP contribution in [0.15, 0.2) is 48.6 Å². The van der Waals surface area contributed by atoms with Crippen molar-refractivity contribution >= 4 is 17.9 Å². The number of rotatable bonds is 42.